The Hall–Kier alpha value is -1.28. The van der Waals surface area contributed by atoms with Gasteiger partial charge in [0, 0.05) is 5.41 Å². The minimum atomic E-state index is -1.56. The average molecular weight is 339 g/mol. The van der Waals surface area contributed by atoms with Crippen molar-refractivity contribution in [2.24, 2.45) is 11.3 Å². The van der Waals surface area contributed by atoms with Crippen LogP contribution in [0.1, 0.15) is 49.7 Å². The lowest BCUT2D eigenvalue weighted by atomic mass is 9.57. The molecule has 3 atom stereocenters. The fourth-order valence-corrected chi connectivity index (χ4v) is 6.30. The molecule has 0 saturated heterocycles. The smallest absolute Gasteiger partial charge is 0.241 e. The monoisotopic (exact) mass is 338 g/mol. The van der Waals surface area contributed by atoms with Gasteiger partial charge >= 0.3 is 0 Å². The highest BCUT2D eigenvalue weighted by Gasteiger charge is 2.50. The van der Waals surface area contributed by atoms with Gasteiger partial charge in [-0.1, -0.05) is 42.8 Å². The highest BCUT2D eigenvalue weighted by molar-refractivity contribution is 6.70. The van der Waals surface area contributed by atoms with E-state index in [1.54, 1.807) is 16.7 Å². The van der Waals surface area contributed by atoms with E-state index in [9.17, 15) is 0 Å². The molecular weight excluding hydrogens is 308 g/mol. The number of benzene rings is 1. The van der Waals surface area contributed by atoms with Crippen LogP contribution in [0.3, 0.4) is 0 Å². The molecule has 0 spiro atoms. The summed E-state index contributed by atoms with van der Waals surface area (Å²) in [6, 6.07) is 9.15. The molecule has 0 bridgehead atoms. The molecule has 1 aromatic rings. The van der Waals surface area contributed by atoms with Gasteiger partial charge in [-0.3, -0.25) is 0 Å². The summed E-state index contributed by atoms with van der Waals surface area (Å²) in [6.45, 7) is 9.27. The van der Waals surface area contributed by atoms with E-state index in [2.05, 4.69) is 63.0 Å². The number of hydrogen-bond acceptors (Lipinski definition) is 1. The molecule has 0 heterocycles. The normalized spacial score (nSPS) is 31.5. The van der Waals surface area contributed by atoms with Crippen LogP contribution < -0.4 is 0 Å². The maximum absolute atomic E-state index is 6.56. The zero-order valence-electron chi connectivity index (χ0n) is 15.6. The summed E-state index contributed by atoms with van der Waals surface area (Å²) in [6.07, 6.45) is 11.0. The van der Waals surface area contributed by atoms with Gasteiger partial charge in [0.05, 0.1) is 5.76 Å². The second kappa shape index (κ2) is 5.62. The van der Waals surface area contributed by atoms with E-state index in [0.29, 0.717) is 5.92 Å². The van der Waals surface area contributed by atoms with Crippen LogP contribution in [0.2, 0.25) is 19.6 Å². The maximum atomic E-state index is 6.56. The predicted molar refractivity (Wildman–Crippen MR) is 104 cm³/mol. The Labute approximate surface area is 147 Å². The Kier molecular flexibility index (Phi) is 3.79. The summed E-state index contributed by atoms with van der Waals surface area (Å²) >= 11 is 0. The molecule has 0 N–H and O–H groups in total. The van der Waals surface area contributed by atoms with E-state index in [-0.39, 0.29) is 5.41 Å². The van der Waals surface area contributed by atoms with E-state index in [1.165, 1.54) is 37.9 Å². The summed E-state index contributed by atoms with van der Waals surface area (Å²) in [5.41, 5.74) is 5.10. The number of hydrogen-bond donors (Lipinski definition) is 0. The summed E-state index contributed by atoms with van der Waals surface area (Å²) < 4.78 is 6.56. The van der Waals surface area contributed by atoms with Crippen LogP contribution in [0.25, 0.3) is 0 Å². The molecular formula is C22H30OSi. The second-order valence-electron chi connectivity index (χ2n) is 8.79. The molecule has 0 amide bonds. The van der Waals surface area contributed by atoms with Gasteiger partial charge in [0.1, 0.15) is 0 Å². The van der Waals surface area contributed by atoms with Crippen LogP contribution in [0.5, 0.6) is 0 Å². The Bertz CT molecular complexity index is 709. The fourth-order valence-electron chi connectivity index (χ4n) is 5.37. The van der Waals surface area contributed by atoms with Crippen LogP contribution in [-0.4, -0.2) is 8.32 Å². The summed E-state index contributed by atoms with van der Waals surface area (Å²) in [7, 11) is -1.56. The van der Waals surface area contributed by atoms with Crippen molar-refractivity contribution in [1.29, 1.82) is 0 Å². The van der Waals surface area contributed by atoms with Gasteiger partial charge in [-0.2, -0.15) is 0 Å². The molecule has 0 aromatic heterocycles. The lowest BCUT2D eigenvalue weighted by Crippen LogP contribution is -2.40. The lowest BCUT2D eigenvalue weighted by molar-refractivity contribution is 0.174. The largest absolute Gasteiger partial charge is 0.547 e. The third kappa shape index (κ3) is 2.42. The molecule has 0 aliphatic heterocycles. The zero-order chi connectivity index (χ0) is 16.9. The van der Waals surface area contributed by atoms with Gasteiger partial charge in [0.15, 0.2) is 0 Å². The number of rotatable bonds is 3. The van der Waals surface area contributed by atoms with E-state index < -0.39 is 8.32 Å². The molecule has 3 aliphatic carbocycles. The quantitative estimate of drug-likeness (QED) is 0.596. The molecule has 2 heteroatoms. The first-order chi connectivity index (χ1) is 11.4. The Morgan fingerprint density at radius 3 is 2.62 bits per heavy atom. The molecule has 0 unspecified atom stereocenters. The van der Waals surface area contributed by atoms with Crippen molar-refractivity contribution in [2.75, 3.05) is 0 Å². The Morgan fingerprint density at radius 2 is 1.88 bits per heavy atom. The minimum Gasteiger partial charge on any atom is -0.547 e. The van der Waals surface area contributed by atoms with Crippen molar-refractivity contribution in [3.63, 3.8) is 0 Å². The molecule has 4 rings (SSSR count). The Balaban J connectivity index is 1.68. The number of aryl methyl sites for hydroxylation is 1. The first-order valence-electron chi connectivity index (χ1n) is 9.64. The fraction of sp³-hybridized carbons (Fsp3) is 0.545. The van der Waals surface area contributed by atoms with Crippen molar-refractivity contribution < 1.29 is 4.43 Å². The van der Waals surface area contributed by atoms with Gasteiger partial charge < -0.3 is 4.43 Å². The van der Waals surface area contributed by atoms with Gasteiger partial charge in [-0.25, -0.2) is 0 Å². The van der Waals surface area contributed by atoms with E-state index in [0.717, 1.165) is 5.92 Å². The first kappa shape index (κ1) is 16.2. The van der Waals surface area contributed by atoms with Gasteiger partial charge in [-0.15, -0.1) is 0 Å². The molecule has 0 radical (unpaired) electrons. The van der Waals surface area contributed by atoms with E-state index in [4.69, 9.17) is 4.43 Å². The standard InChI is InChI=1S/C22H30OSi/c1-5-22-15-14-18-17-9-7-6-8-16(17)10-11-19(18)20(22)12-13-21(22)23-24(2,3)4/h6-9,12-13,18-19H,5,10-11,14-15H2,1-4H3/t18-,19-,22+/m1/s1. The third-order valence-corrected chi connectivity index (χ3v) is 7.24. The molecule has 1 fully saturated rings. The van der Waals surface area contributed by atoms with Gasteiger partial charge in [0.2, 0.25) is 8.32 Å². The Morgan fingerprint density at radius 1 is 1.08 bits per heavy atom. The molecule has 1 nitrogen and oxygen atoms in total. The van der Waals surface area contributed by atoms with Crippen LogP contribution in [0.15, 0.2) is 47.7 Å². The van der Waals surface area contributed by atoms with Crippen LogP contribution in [0, 0.1) is 11.3 Å². The van der Waals surface area contributed by atoms with Crippen molar-refractivity contribution >= 4 is 8.32 Å². The van der Waals surface area contributed by atoms with E-state index in [1.807, 2.05) is 0 Å². The molecule has 3 aliphatic rings. The van der Waals surface area contributed by atoms with Crippen LogP contribution in [-0.2, 0) is 10.8 Å². The zero-order valence-corrected chi connectivity index (χ0v) is 16.6. The van der Waals surface area contributed by atoms with Crippen molar-refractivity contribution in [1.82, 2.24) is 0 Å². The molecule has 24 heavy (non-hydrogen) atoms. The molecule has 1 saturated carbocycles. The minimum absolute atomic E-state index is 0.202. The molecule has 1 aromatic carbocycles. The maximum Gasteiger partial charge on any atom is 0.241 e. The highest BCUT2D eigenvalue weighted by atomic mass is 28.4. The summed E-state index contributed by atoms with van der Waals surface area (Å²) in [5.74, 6) is 2.73. The second-order valence-corrected chi connectivity index (χ2v) is 13.2. The van der Waals surface area contributed by atoms with Crippen molar-refractivity contribution in [2.45, 2.75) is 64.6 Å². The van der Waals surface area contributed by atoms with Gasteiger partial charge in [0.25, 0.3) is 0 Å². The molecule has 128 valence electrons. The van der Waals surface area contributed by atoms with Crippen LogP contribution in [0.4, 0.5) is 0 Å². The topological polar surface area (TPSA) is 9.23 Å². The van der Waals surface area contributed by atoms with Crippen molar-refractivity contribution in [3.8, 4) is 0 Å². The average Bonchev–Trinajstić information content (AvgIpc) is 2.92. The summed E-state index contributed by atoms with van der Waals surface area (Å²) in [4.78, 5) is 0. The first-order valence-corrected chi connectivity index (χ1v) is 13.0. The number of allylic oxidation sites excluding steroid dienone is 3. The van der Waals surface area contributed by atoms with Crippen LogP contribution >= 0.6 is 0 Å². The highest BCUT2D eigenvalue weighted by Crippen LogP contribution is 2.60. The van der Waals surface area contributed by atoms with Crippen molar-refractivity contribution in [3.05, 3.63) is 58.9 Å². The van der Waals surface area contributed by atoms with E-state index >= 15 is 0 Å². The van der Waals surface area contributed by atoms with Gasteiger partial charge in [-0.05, 0) is 80.8 Å². The third-order valence-electron chi connectivity index (χ3n) is 6.40. The SMILES string of the molecule is CC[C@]12CC[C@@H]3c4ccccc4CC[C@H]3C1=CC=C2O[Si](C)(C)C. The predicted octanol–water partition coefficient (Wildman–Crippen LogP) is 6.20. The lowest BCUT2D eigenvalue weighted by Gasteiger charge is -2.49. The summed E-state index contributed by atoms with van der Waals surface area (Å²) in [5, 5.41) is 0. The number of fused-ring (bicyclic) bond motifs is 5.